The third-order valence-electron chi connectivity index (χ3n) is 5.90. The van der Waals surface area contributed by atoms with Crippen molar-refractivity contribution in [3.63, 3.8) is 0 Å². The third-order valence-corrected chi connectivity index (χ3v) is 10.2. The second-order valence-electron chi connectivity index (χ2n) is 7.12. The number of imide groups is 1. The minimum Gasteiger partial charge on any atom is -0.274 e. The summed E-state index contributed by atoms with van der Waals surface area (Å²) in [6.07, 6.45) is 0. The van der Waals surface area contributed by atoms with E-state index in [9.17, 15) is 9.59 Å². The number of anilines is 1. The van der Waals surface area contributed by atoms with Gasteiger partial charge < -0.3 is 0 Å². The first-order valence-corrected chi connectivity index (χ1v) is 10.5. The van der Waals surface area contributed by atoms with Gasteiger partial charge >= 0.3 is 0 Å². The van der Waals surface area contributed by atoms with E-state index >= 15 is 0 Å². The first-order chi connectivity index (χ1) is 13.1. The molecular weight excluding hydrogens is 487 g/mol. The molecule has 2 aromatic carbocycles. The Morgan fingerprint density at radius 2 is 1.25 bits per heavy atom. The summed E-state index contributed by atoms with van der Waals surface area (Å²) < 4.78 is -1.92. The Hall–Kier alpha value is -0.680. The van der Waals surface area contributed by atoms with E-state index in [1.807, 2.05) is 30.3 Å². The maximum absolute atomic E-state index is 13.3. The molecule has 1 saturated carbocycles. The number of hydrogen-bond donors (Lipinski definition) is 0. The molecule has 4 unspecified atom stereocenters. The monoisotopic (exact) mass is 493 g/mol. The molecule has 1 saturated heterocycles. The predicted octanol–water partition coefficient (Wildman–Crippen LogP) is 5.79. The molecule has 2 amide bonds. The quantitative estimate of drug-likeness (QED) is 0.371. The van der Waals surface area contributed by atoms with Gasteiger partial charge in [-0.05, 0) is 22.9 Å². The van der Waals surface area contributed by atoms with Gasteiger partial charge in [0.25, 0.3) is 0 Å². The third kappa shape index (κ3) is 1.88. The topological polar surface area (TPSA) is 37.4 Å². The molecule has 144 valence electrons. The van der Waals surface area contributed by atoms with Crippen LogP contribution < -0.4 is 4.90 Å². The van der Waals surface area contributed by atoms with Crippen molar-refractivity contribution in [3.05, 3.63) is 52.5 Å². The van der Waals surface area contributed by atoms with Crippen LogP contribution in [0, 0.1) is 11.8 Å². The molecule has 0 radical (unpaired) electrons. The van der Waals surface area contributed by atoms with E-state index in [0.717, 1.165) is 15.7 Å². The zero-order valence-corrected chi connectivity index (χ0v) is 18.3. The van der Waals surface area contributed by atoms with E-state index in [1.54, 1.807) is 12.1 Å². The summed E-state index contributed by atoms with van der Waals surface area (Å²) in [5.74, 6) is -3.38. The lowest BCUT2D eigenvalue weighted by Gasteiger charge is -2.34. The number of alkyl halides is 4. The number of allylic oxidation sites excluding steroid dienone is 2. The summed E-state index contributed by atoms with van der Waals surface area (Å²) >= 11 is 39.0. The van der Waals surface area contributed by atoms with Crippen molar-refractivity contribution >= 4 is 97.9 Å². The van der Waals surface area contributed by atoms with Gasteiger partial charge in [-0.1, -0.05) is 76.7 Å². The van der Waals surface area contributed by atoms with Crippen molar-refractivity contribution in [2.24, 2.45) is 11.8 Å². The van der Waals surface area contributed by atoms with Crippen LogP contribution in [-0.2, 0) is 9.59 Å². The highest BCUT2D eigenvalue weighted by Gasteiger charge is 2.87. The minimum atomic E-state index is -1.92. The molecule has 0 N–H and O–H groups in total. The van der Waals surface area contributed by atoms with Crippen molar-refractivity contribution in [3.8, 4) is 0 Å². The van der Waals surface area contributed by atoms with Gasteiger partial charge in [0.1, 0.15) is 9.75 Å². The van der Waals surface area contributed by atoms with E-state index in [1.165, 1.54) is 0 Å². The molecule has 2 bridgehead atoms. The Morgan fingerprint density at radius 3 is 1.79 bits per heavy atom. The lowest BCUT2D eigenvalue weighted by molar-refractivity contribution is -0.123. The fraction of sp³-hybridized carbons (Fsp3) is 0.263. The first kappa shape index (κ1) is 19.3. The number of carbonyl (C=O) groups is 2. The molecule has 0 aromatic heterocycles. The van der Waals surface area contributed by atoms with Crippen LogP contribution in [0.2, 0.25) is 0 Å². The molecule has 9 heteroatoms. The van der Waals surface area contributed by atoms with Gasteiger partial charge in [0.15, 0.2) is 4.33 Å². The Bertz CT molecular complexity index is 1080. The van der Waals surface area contributed by atoms with Crippen LogP contribution in [0.15, 0.2) is 52.5 Å². The summed E-state index contributed by atoms with van der Waals surface area (Å²) in [6.45, 7) is 0. The van der Waals surface area contributed by atoms with Crippen LogP contribution in [-0.4, -0.2) is 25.9 Å². The van der Waals surface area contributed by atoms with Gasteiger partial charge in [0.05, 0.1) is 27.6 Å². The largest absolute Gasteiger partial charge is 0.274 e. The lowest BCUT2D eigenvalue weighted by atomic mass is 9.84. The SMILES string of the molecule is O=C1C2C(C(=O)N1c1ccc3ccccc3c1)C1(Cl)C(Cl)=C(Cl)C2(Cl)C1(Cl)Cl. The van der Waals surface area contributed by atoms with Crippen LogP contribution >= 0.6 is 69.6 Å². The van der Waals surface area contributed by atoms with Crippen LogP contribution in [0.5, 0.6) is 0 Å². The number of amides is 2. The van der Waals surface area contributed by atoms with Gasteiger partial charge in [-0.2, -0.15) is 0 Å². The Balaban J connectivity index is 1.68. The number of nitrogens with zero attached hydrogens (tertiary/aromatic N) is 1. The molecule has 1 aliphatic heterocycles. The summed E-state index contributed by atoms with van der Waals surface area (Å²) in [7, 11) is 0. The van der Waals surface area contributed by atoms with E-state index < -0.39 is 37.7 Å². The van der Waals surface area contributed by atoms with Gasteiger partial charge in [-0.3, -0.25) is 9.59 Å². The minimum absolute atomic E-state index is 0.0985. The Kier molecular flexibility index (Phi) is 3.94. The van der Waals surface area contributed by atoms with Gasteiger partial charge in [0.2, 0.25) is 11.8 Å². The normalized spacial score (nSPS) is 36.0. The second kappa shape index (κ2) is 5.72. The molecule has 4 atom stereocenters. The summed E-state index contributed by atoms with van der Waals surface area (Å²) in [5.41, 5.74) is 0.407. The molecule has 2 fully saturated rings. The second-order valence-corrected chi connectivity index (χ2v) is 10.4. The number of halogens is 6. The van der Waals surface area contributed by atoms with Crippen molar-refractivity contribution in [1.29, 1.82) is 0 Å². The van der Waals surface area contributed by atoms with Crippen LogP contribution in [0.25, 0.3) is 10.8 Å². The maximum Gasteiger partial charge on any atom is 0.240 e. The molecule has 5 rings (SSSR count). The highest BCUT2D eigenvalue weighted by Crippen LogP contribution is 2.77. The zero-order valence-electron chi connectivity index (χ0n) is 13.7. The van der Waals surface area contributed by atoms with Crippen molar-refractivity contribution < 1.29 is 9.59 Å². The number of benzene rings is 2. The molecule has 1 heterocycles. The maximum atomic E-state index is 13.3. The fourth-order valence-electron chi connectivity index (χ4n) is 4.57. The standard InChI is InChI=1S/C19H9Cl6NO2/c20-13-14(21)18(23)12-11(17(13,22)19(18,24)25)15(27)26(16(12)28)10-6-5-8-3-1-2-4-9(8)7-10/h1-7,11-12H. The average molecular weight is 496 g/mol. The molecule has 28 heavy (non-hydrogen) atoms. The molecule has 0 spiro atoms. The van der Waals surface area contributed by atoms with Crippen LogP contribution in [0.3, 0.4) is 0 Å². The molecule has 3 nitrogen and oxygen atoms in total. The zero-order chi connectivity index (χ0) is 20.2. The lowest BCUT2D eigenvalue weighted by Crippen LogP contribution is -2.50. The Morgan fingerprint density at radius 1 is 0.750 bits per heavy atom. The number of carbonyl (C=O) groups excluding carboxylic acids is 2. The van der Waals surface area contributed by atoms with E-state index in [0.29, 0.717) is 5.69 Å². The smallest absolute Gasteiger partial charge is 0.240 e. The van der Waals surface area contributed by atoms with E-state index in [-0.39, 0.29) is 10.1 Å². The first-order valence-electron chi connectivity index (χ1n) is 8.27. The van der Waals surface area contributed by atoms with E-state index in [2.05, 4.69) is 0 Å². The van der Waals surface area contributed by atoms with Crippen LogP contribution in [0.1, 0.15) is 0 Å². The molecule has 2 aromatic rings. The van der Waals surface area contributed by atoms with Crippen molar-refractivity contribution in [2.75, 3.05) is 4.90 Å². The van der Waals surface area contributed by atoms with Crippen LogP contribution in [0.4, 0.5) is 5.69 Å². The van der Waals surface area contributed by atoms with Crippen molar-refractivity contribution in [1.82, 2.24) is 0 Å². The highest BCUT2D eigenvalue weighted by atomic mass is 35.5. The number of fused-ring (bicyclic) bond motifs is 6. The average Bonchev–Trinajstić information content (AvgIpc) is 3.05. The number of rotatable bonds is 1. The molecule has 3 aliphatic rings. The highest BCUT2D eigenvalue weighted by molar-refractivity contribution is 6.67. The van der Waals surface area contributed by atoms with Gasteiger partial charge in [-0.15, -0.1) is 23.2 Å². The molecule has 2 aliphatic carbocycles. The van der Waals surface area contributed by atoms with Crippen molar-refractivity contribution in [2.45, 2.75) is 14.1 Å². The summed E-state index contributed by atoms with van der Waals surface area (Å²) in [6, 6.07) is 12.9. The fourth-order valence-corrected chi connectivity index (χ4v) is 7.49. The number of hydrogen-bond acceptors (Lipinski definition) is 2. The van der Waals surface area contributed by atoms with Gasteiger partial charge in [-0.25, -0.2) is 4.90 Å². The summed E-state index contributed by atoms with van der Waals surface area (Å²) in [4.78, 5) is 24.1. The Labute approximate surface area is 190 Å². The van der Waals surface area contributed by atoms with Gasteiger partial charge in [0, 0.05) is 0 Å². The van der Waals surface area contributed by atoms with E-state index in [4.69, 9.17) is 69.6 Å². The molecular formula is C19H9Cl6NO2. The summed E-state index contributed by atoms with van der Waals surface area (Å²) in [5, 5.41) is 1.65. The predicted molar refractivity (Wildman–Crippen MR) is 114 cm³/mol.